The second-order valence-corrected chi connectivity index (χ2v) is 13.2. The van der Waals surface area contributed by atoms with Crippen LogP contribution in [0.15, 0.2) is 53.7 Å². The molecular formula is C27H31FN4O5S2. The normalized spacial score (nSPS) is 22.0. The number of piperidine rings is 1. The average molecular weight is 575 g/mol. The first-order chi connectivity index (χ1) is 18.5. The molecule has 2 aliphatic rings. The quantitative estimate of drug-likeness (QED) is 0.405. The number of esters is 1. The summed E-state index contributed by atoms with van der Waals surface area (Å²) in [5.41, 5.74) is 1.21. The molecule has 2 aliphatic heterocycles. The molecule has 0 amide bonds. The van der Waals surface area contributed by atoms with Gasteiger partial charge in [0.15, 0.2) is 0 Å². The van der Waals surface area contributed by atoms with Crippen LogP contribution in [-0.2, 0) is 19.6 Å². The Hall–Kier alpha value is -3.09. The van der Waals surface area contributed by atoms with E-state index in [9.17, 15) is 17.6 Å². The number of hydrogen-bond donors (Lipinski definition) is 1. The molecule has 0 radical (unpaired) electrons. The summed E-state index contributed by atoms with van der Waals surface area (Å²) in [5.74, 6) is -0.330. The van der Waals surface area contributed by atoms with Crippen LogP contribution in [0.3, 0.4) is 0 Å². The van der Waals surface area contributed by atoms with Gasteiger partial charge in [-0.25, -0.2) is 17.8 Å². The monoisotopic (exact) mass is 574 g/mol. The van der Waals surface area contributed by atoms with Crippen LogP contribution in [0, 0.1) is 11.7 Å². The van der Waals surface area contributed by atoms with Crippen molar-refractivity contribution >= 4 is 32.7 Å². The van der Waals surface area contributed by atoms with Gasteiger partial charge in [0, 0.05) is 48.2 Å². The number of carbonyl (C=O) groups is 1. The Morgan fingerprint density at radius 1 is 1.15 bits per heavy atom. The zero-order chi connectivity index (χ0) is 27.8. The molecule has 3 atom stereocenters. The van der Waals surface area contributed by atoms with E-state index in [4.69, 9.17) is 9.47 Å². The van der Waals surface area contributed by atoms with Crippen molar-refractivity contribution in [1.29, 1.82) is 0 Å². The van der Waals surface area contributed by atoms with Gasteiger partial charge in [0.2, 0.25) is 5.13 Å². The maximum absolute atomic E-state index is 13.8. The van der Waals surface area contributed by atoms with Gasteiger partial charge in [-0.1, -0.05) is 18.2 Å². The summed E-state index contributed by atoms with van der Waals surface area (Å²) in [6, 6.07) is 11.0. The number of anilines is 1. The predicted octanol–water partition coefficient (Wildman–Crippen LogP) is 5.10. The SMILES string of the molecule is CC(C)(C)OC(=O)C1CCN([C@@H]2CCOc3cc(S(=O)(=O)Nc4ncns4)ccc32)[C@H](c2ccc(F)cc2)C1. The van der Waals surface area contributed by atoms with E-state index in [1.807, 2.05) is 20.8 Å². The summed E-state index contributed by atoms with van der Waals surface area (Å²) in [6.45, 7) is 6.60. The summed E-state index contributed by atoms with van der Waals surface area (Å²) < 4.78 is 57.5. The molecule has 1 unspecified atom stereocenters. The molecule has 12 heteroatoms. The Labute approximate surface area is 231 Å². The smallest absolute Gasteiger partial charge is 0.309 e. The van der Waals surface area contributed by atoms with Gasteiger partial charge in [-0.2, -0.15) is 4.37 Å². The third-order valence-electron chi connectivity index (χ3n) is 6.93. The van der Waals surface area contributed by atoms with Gasteiger partial charge in [-0.3, -0.25) is 14.4 Å². The number of ether oxygens (including phenoxy) is 2. The second kappa shape index (κ2) is 10.8. The van der Waals surface area contributed by atoms with Gasteiger partial charge < -0.3 is 9.47 Å². The topological polar surface area (TPSA) is 111 Å². The molecule has 3 aromatic rings. The molecule has 1 fully saturated rings. The number of carbonyl (C=O) groups excluding carboxylic acids is 1. The van der Waals surface area contributed by atoms with E-state index in [0.29, 0.717) is 38.2 Å². The van der Waals surface area contributed by atoms with E-state index in [-0.39, 0.29) is 39.8 Å². The summed E-state index contributed by atoms with van der Waals surface area (Å²) in [6.07, 6.45) is 3.13. The van der Waals surface area contributed by atoms with Crippen molar-refractivity contribution in [2.75, 3.05) is 17.9 Å². The van der Waals surface area contributed by atoms with E-state index < -0.39 is 15.6 Å². The molecule has 0 saturated carbocycles. The molecular weight excluding hydrogens is 543 g/mol. The van der Waals surface area contributed by atoms with Crippen molar-refractivity contribution in [3.8, 4) is 5.75 Å². The highest BCUT2D eigenvalue weighted by Gasteiger charge is 2.40. The minimum atomic E-state index is -3.87. The van der Waals surface area contributed by atoms with E-state index in [1.165, 1.54) is 24.5 Å². The largest absolute Gasteiger partial charge is 0.493 e. The maximum Gasteiger partial charge on any atom is 0.309 e. The lowest BCUT2D eigenvalue weighted by molar-refractivity contribution is -0.163. The van der Waals surface area contributed by atoms with Gasteiger partial charge in [-0.05, 0) is 57.4 Å². The molecule has 1 saturated heterocycles. The molecule has 0 aliphatic carbocycles. The number of benzene rings is 2. The first-order valence-corrected chi connectivity index (χ1v) is 15.1. The van der Waals surface area contributed by atoms with Crippen LogP contribution in [0.4, 0.5) is 9.52 Å². The zero-order valence-electron chi connectivity index (χ0n) is 22.0. The zero-order valence-corrected chi connectivity index (χ0v) is 23.6. The lowest BCUT2D eigenvalue weighted by Crippen LogP contribution is -2.43. The van der Waals surface area contributed by atoms with Gasteiger partial charge in [0.25, 0.3) is 10.0 Å². The van der Waals surface area contributed by atoms with Crippen molar-refractivity contribution in [3.63, 3.8) is 0 Å². The Bertz CT molecular complexity index is 1430. The highest BCUT2D eigenvalue weighted by molar-refractivity contribution is 7.93. The number of halogens is 1. The second-order valence-electron chi connectivity index (χ2n) is 10.8. The summed E-state index contributed by atoms with van der Waals surface area (Å²) >= 11 is 0.951. The maximum atomic E-state index is 13.8. The van der Waals surface area contributed by atoms with E-state index in [0.717, 1.165) is 22.7 Å². The number of nitrogens with one attached hydrogen (secondary N) is 1. The van der Waals surface area contributed by atoms with Crippen LogP contribution in [0.2, 0.25) is 0 Å². The van der Waals surface area contributed by atoms with E-state index >= 15 is 0 Å². The van der Waals surface area contributed by atoms with Crippen LogP contribution in [0.5, 0.6) is 5.75 Å². The van der Waals surface area contributed by atoms with Crippen molar-refractivity contribution in [2.45, 2.75) is 62.6 Å². The molecule has 39 heavy (non-hydrogen) atoms. The minimum Gasteiger partial charge on any atom is -0.493 e. The number of fused-ring (bicyclic) bond motifs is 1. The standard InChI is InChI=1S/C27H31FN4O5S2/c1-27(2,3)37-25(33)18-10-12-32(23(14-18)17-4-6-19(28)7-5-17)22-11-13-36-24-15-20(8-9-21(22)24)39(34,35)31-26-29-16-30-38-26/h4-9,15-16,18,22-23H,10-14H2,1-3H3,(H,29,30,31)/t18?,22-,23+/m1/s1. The van der Waals surface area contributed by atoms with Crippen LogP contribution < -0.4 is 9.46 Å². The first kappa shape index (κ1) is 27.5. The Morgan fingerprint density at radius 3 is 2.62 bits per heavy atom. The number of aromatic nitrogens is 2. The first-order valence-electron chi connectivity index (χ1n) is 12.8. The molecule has 1 N–H and O–H groups in total. The fraction of sp³-hybridized carbons (Fsp3) is 0.444. The number of nitrogens with zero attached hydrogens (tertiary/aromatic N) is 3. The Balaban J connectivity index is 1.43. The Kier molecular flexibility index (Phi) is 7.62. The predicted molar refractivity (Wildman–Crippen MR) is 144 cm³/mol. The lowest BCUT2D eigenvalue weighted by Gasteiger charge is -2.45. The highest BCUT2D eigenvalue weighted by atomic mass is 32.2. The molecule has 2 aromatic carbocycles. The van der Waals surface area contributed by atoms with Gasteiger partial charge >= 0.3 is 5.97 Å². The van der Waals surface area contributed by atoms with Crippen LogP contribution in [-0.4, -0.2) is 47.4 Å². The Morgan fingerprint density at radius 2 is 1.92 bits per heavy atom. The number of sulfonamides is 1. The average Bonchev–Trinajstić information content (AvgIpc) is 3.39. The number of rotatable bonds is 6. The molecule has 5 rings (SSSR count). The fourth-order valence-electron chi connectivity index (χ4n) is 5.22. The molecule has 3 heterocycles. The third kappa shape index (κ3) is 6.23. The molecule has 9 nitrogen and oxygen atoms in total. The van der Waals surface area contributed by atoms with Gasteiger partial charge in [0.05, 0.1) is 17.4 Å². The lowest BCUT2D eigenvalue weighted by atomic mass is 9.84. The summed E-state index contributed by atoms with van der Waals surface area (Å²) in [5, 5.41) is 0.182. The van der Waals surface area contributed by atoms with Crippen molar-refractivity contribution in [3.05, 3.63) is 65.7 Å². The molecule has 208 valence electrons. The van der Waals surface area contributed by atoms with E-state index in [1.54, 1.807) is 24.3 Å². The van der Waals surface area contributed by atoms with E-state index in [2.05, 4.69) is 19.0 Å². The summed E-state index contributed by atoms with van der Waals surface area (Å²) in [7, 11) is -3.87. The van der Waals surface area contributed by atoms with Crippen LogP contribution >= 0.6 is 11.5 Å². The molecule has 0 spiro atoms. The molecule has 0 bridgehead atoms. The number of likely N-dealkylation sites (tertiary alicyclic amines) is 1. The van der Waals surface area contributed by atoms with Crippen LogP contribution in [0.25, 0.3) is 0 Å². The summed E-state index contributed by atoms with van der Waals surface area (Å²) in [4.78, 5) is 19.3. The number of hydrogen-bond acceptors (Lipinski definition) is 9. The molecule has 1 aromatic heterocycles. The van der Waals surface area contributed by atoms with Crippen LogP contribution in [0.1, 0.15) is 63.2 Å². The highest BCUT2D eigenvalue weighted by Crippen LogP contribution is 2.45. The van der Waals surface area contributed by atoms with Crippen molar-refractivity contribution in [1.82, 2.24) is 14.3 Å². The third-order valence-corrected chi connectivity index (χ3v) is 8.97. The minimum absolute atomic E-state index is 0.0656. The van der Waals surface area contributed by atoms with Gasteiger partial charge in [0.1, 0.15) is 23.5 Å². The fourth-order valence-corrected chi connectivity index (χ4v) is 6.90. The van der Waals surface area contributed by atoms with Gasteiger partial charge in [-0.15, -0.1) is 0 Å². The van der Waals surface area contributed by atoms with Crippen molar-refractivity contribution < 1.29 is 27.1 Å². The van der Waals surface area contributed by atoms with Crippen molar-refractivity contribution in [2.24, 2.45) is 5.92 Å².